The molecule has 0 aliphatic rings. The van der Waals surface area contributed by atoms with E-state index in [9.17, 15) is 4.39 Å². The smallest absolute Gasteiger partial charge is 0.150 e. The highest BCUT2D eigenvalue weighted by atomic mass is 19.1. The van der Waals surface area contributed by atoms with Crippen LogP contribution in [0.1, 0.15) is 13.8 Å². The van der Waals surface area contributed by atoms with Crippen LogP contribution in [-0.4, -0.2) is 20.8 Å². The second-order valence-corrected chi connectivity index (χ2v) is 3.81. The minimum atomic E-state index is -0.323. The molecule has 0 aliphatic carbocycles. The molecule has 2 aromatic rings. The highest BCUT2D eigenvalue weighted by molar-refractivity contribution is 5.49. The lowest BCUT2D eigenvalue weighted by Gasteiger charge is -2.11. The van der Waals surface area contributed by atoms with E-state index >= 15 is 0 Å². The van der Waals surface area contributed by atoms with Crippen molar-refractivity contribution in [3.63, 3.8) is 0 Å². The Labute approximate surface area is 93.1 Å². The van der Waals surface area contributed by atoms with Crippen LogP contribution in [0.25, 0.3) is 5.69 Å². The fourth-order valence-corrected chi connectivity index (χ4v) is 1.45. The molecule has 1 N–H and O–H groups in total. The Bertz CT molecular complexity index is 465. The van der Waals surface area contributed by atoms with E-state index in [1.54, 1.807) is 6.07 Å². The molecule has 0 fully saturated rings. The minimum Gasteiger partial charge on any atom is -0.383 e. The molecule has 0 unspecified atom stereocenters. The number of nitrogens with zero attached hydrogens (tertiary/aromatic N) is 3. The molecular formula is C11H13FN4. The number of hydrogen-bond donors (Lipinski definition) is 1. The molecular weight excluding hydrogens is 207 g/mol. The van der Waals surface area contributed by atoms with Crippen molar-refractivity contribution < 1.29 is 4.39 Å². The van der Waals surface area contributed by atoms with Gasteiger partial charge in [0, 0.05) is 11.7 Å². The summed E-state index contributed by atoms with van der Waals surface area (Å²) in [5.74, 6) is -0.323. The van der Waals surface area contributed by atoms with Crippen molar-refractivity contribution in [1.82, 2.24) is 14.8 Å². The number of halogens is 1. The highest BCUT2D eigenvalue weighted by Gasteiger charge is 2.06. The summed E-state index contributed by atoms with van der Waals surface area (Å²) in [4.78, 5) is 3.78. The third kappa shape index (κ3) is 2.18. The lowest BCUT2D eigenvalue weighted by atomic mass is 10.2. The average Bonchev–Trinajstić information content (AvgIpc) is 2.69. The monoisotopic (exact) mass is 220 g/mol. The number of anilines is 1. The number of nitrogens with one attached hydrogen (secondary N) is 1. The van der Waals surface area contributed by atoms with Gasteiger partial charge in [-0.15, -0.1) is 0 Å². The summed E-state index contributed by atoms with van der Waals surface area (Å²) in [5, 5.41) is 7.02. The molecule has 0 aliphatic heterocycles. The van der Waals surface area contributed by atoms with E-state index in [1.807, 2.05) is 19.9 Å². The van der Waals surface area contributed by atoms with Gasteiger partial charge in [-0.25, -0.2) is 14.1 Å². The van der Waals surface area contributed by atoms with Gasteiger partial charge >= 0.3 is 0 Å². The van der Waals surface area contributed by atoms with Gasteiger partial charge in [0.05, 0.1) is 0 Å². The first kappa shape index (κ1) is 10.6. The molecule has 1 heterocycles. The fraction of sp³-hybridized carbons (Fsp3) is 0.273. The molecule has 84 valence electrons. The standard InChI is InChI=1S/C11H13FN4/c1-8(2)15-9-3-4-11(10(12)5-9)16-7-13-6-14-16/h3-8,15H,1-2H3. The maximum atomic E-state index is 13.7. The van der Waals surface area contributed by atoms with E-state index in [0.29, 0.717) is 5.69 Å². The summed E-state index contributed by atoms with van der Waals surface area (Å²) in [5.41, 5.74) is 1.16. The summed E-state index contributed by atoms with van der Waals surface area (Å²) in [6.07, 6.45) is 2.84. The van der Waals surface area contributed by atoms with Gasteiger partial charge in [-0.1, -0.05) is 0 Å². The third-order valence-electron chi connectivity index (χ3n) is 2.07. The minimum absolute atomic E-state index is 0.275. The van der Waals surface area contributed by atoms with E-state index < -0.39 is 0 Å². The number of aromatic nitrogens is 3. The van der Waals surface area contributed by atoms with Gasteiger partial charge in [0.15, 0.2) is 5.82 Å². The molecule has 16 heavy (non-hydrogen) atoms. The molecule has 0 atom stereocenters. The molecule has 4 nitrogen and oxygen atoms in total. The first-order valence-corrected chi connectivity index (χ1v) is 5.08. The lowest BCUT2D eigenvalue weighted by molar-refractivity contribution is 0.611. The summed E-state index contributed by atoms with van der Waals surface area (Å²) in [7, 11) is 0. The molecule has 5 heteroatoms. The highest BCUT2D eigenvalue weighted by Crippen LogP contribution is 2.17. The first-order valence-electron chi connectivity index (χ1n) is 5.08. The first-order chi connectivity index (χ1) is 7.66. The second-order valence-electron chi connectivity index (χ2n) is 3.81. The van der Waals surface area contributed by atoms with Crippen LogP contribution in [-0.2, 0) is 0 Å². The van der Waals surface area contributed by atoms with Crippen molar-refractivity contribution in [1.29, 1.82) is 0 Å². The van der Waals surface area contributed by atoms with Gasteiger partial charge in [-0.3, -0.25) is 0 Å². The topological polar surface area (TPSA) is 42.7 Å². The normalized spacial score (nSPS) is 10.8. The fourth-order valence-electron chi connectivity index (χ4n) is 1.45. The molecule has 0 saturated heterocycles. The largest absolute Gasteiger partial charge is 0.383 e. The molecule has 0 radical (unpaired) electrons. The lowest BCUT2D eigenvalue weighted by Crippen LogP contribution is -2.10. The van der Waals surface area contributed by atoms with Crippen LogP contribution in [0.3, 0.4) is 0 Å². The maximum absolute atomic E-state index is 13.7. The van der Waals surface area contributed by atoms with Crippen LogP contribution < -0.4 is 5.32 Å². The molecule has 1 aromatic carbocycles. The Balaban J connectivity index is 2.30. The van der Waals surface area contributed by atoms with Gasteiger partial charge in [0.1, 0.15) is 18.3 Å². The Morgan fingerprint density at radius 2 is 2.19 bits per heavy atom. The number of rotatable bonds is 3. The summed E-state index contributed by atoms with van der Waals surface area (Å²) in [6, 6.07) is 5.22. The molecule has 0 saturated carbocycles. The van der Waals surface area contributed by atoms with Crippen molar-refractivity contribution in [3.05, 3.63) is 36.7 Å². The van der Waals surface area contributed by atoms with Gasteiger partial charge in [0.2, 0.25) is 0 Å². The summed E-state index contributed by atoms with van der Waals surface area (Å²) < 4.78 is 15.1. The molecule has 2 rings (SSSR count). The summed E-state index contributed by atoms with van der Waals surface area (Å²) in [6.45, 7) is 4.01. The average molecular weight is 220 g/mol. The zero-order valence-electron chi connectivity index (χ0n) is 9.18. The van der Waals surface area contributed by atoms with Gasteiger partial charge in [-0.2, -0.15) is 5.10 Å². The zero-order valence-corrected chi connectivity index (χ0v) is 9.18. The van der Waals surface area contributed by atoms with Crippen LogP contribution in [0.15, 0.2) is 30.9 Å². The van der Waals surface area contributed by atoms with Crippen LogP contribution in [0.2, 0.25) is 0 Å². The van der Waals surface area contributed by atoms with Crippen LogP contribution in [0, 0.1) is 5.82 Å². The van der Waals surface area contributed by atoms with E-state index in [4.69, 9.17) is 0 Å². The second kappa shape index (κ2) is 4.30. The van der Waals surface area contributed by atoms with Gasteiger partial charge in [0.25, 0.3) is 0 Å². The molecule has 1 aromatic heterocycles. The Hall–Kier alpha value is -1.91. The Kier molecular flexibility index (Phi) is 2.85. The van der Waals surface area contributed by atoms with E-state index in [2.05, 4.69) is 15.4 Å². The predicted molar refractivity (Wildman–Crippen MR) is 60.1 cm³/mol. The van der Waals surface area contributed by atoms with Crippen molar-refractivity contribution in [2.75, 3.05) is 5.32 Å². The van der Waals surface area contributed by atoms with Crippen LogP contribution >= 0.6 is 0 Å². The van der Waals surface area contributed by atoms with E-state index in [-0.39, 0.29) is 11.9 Å². The van der Waals surface area contributed by atoms with E-state index in [1.165, 1.54) is 23.4 Å². The van der Waals surface area contributed by atoms with Crippen molar-refractivity contribution >= 4 is 5.69 Å². The maximum Gasteiger partial charge on any atom is 0.150 e. The van der Waals surface area contributed by atoms with Gasteiger partial charge < -0.3 is 5.32 Å². The van der Waals surface area contributed by atoms with Crippen LogP contribution in [0.5, 0.6) is 0 Å². The van der Waals surface area contributed by atoms with Crippen molar-refractivity contribution in [2.45, 2.75) is 19.9 Å². The zero-order chi connectivity index (χ0) is 11.5. The Morgan fingerprint density at radius 3 is 2.75 bits per heavy atom. The van der Waals surface area contributed by atoms with Crippen molar-refractivity contribution in [3.8, 4) is 5.69 Å². The SMILES string of the molecule is CC(C)Nc1ccc(-n2cncn2)c(F)c1. The molecule has 0 bridgehead atoms. The Morgan fingerprint density at radius 1 is 1.38 bits per heavy atom. The molecule has 0 spiro atoms. The number of hydrogen-bond acceptors (Lipinski definition) is 3. The van der Waals surface area contributed by atoms with Crippen LogP contribution in [0.4, 0.5) is 10.1 Å². The van der Waals surface area contributed by atoms with E-state index in [0.717, 1.165) is 5.69 Å². The number of benzene rings is 1. The van der Waals surface area contributed by atoms with Crippen molar-refractivity contribution in [2.24, 2.45) is 0 Å². The predicted octanol–water partition coefficient (Wildman–Crippen LogP) is 2.23. The third-order valence-corrected chi connectivity index (χ3v) is 2.07. The molecule has 0 amide bonds. The van der Waals surface area contributed by atoms with Gasteiger partial charge in [-0.05, 0) is 32.0 Å². The quantitative estimate of drug-likeness (QED) is 0.862. The summed E-state index contributed by atoms with van der Waals surface area (Å²) >= 11 is 0.